The number of hydrogen-bond acceptors (Lipinski definition) is 1. The Balaban J connectivity index is 1.66. The first-order valence-electron chi connectivity index (χ1n) is 7.73. The third kappa shape index (κ3) is 2.40. The van der Waals surface area contributed by atoms with Crippen LogP contribution in [0.1, 0.15) is 30.0 Å². The van der Waals surface area contributed by atoms with Crippen LogP contribution in [0.3, 0.4) is 0 Å². The molecule has 0 fully saturated rings. The van der Waals surface area contributed by atoms with Crippen LogP contribution in [0.2, 0.25) is 0 Å². The smallest absolute Gasteiger partial charge is 0.0516 e. The van der Waals surface area contributed by atoms with Crippen LogP contribution in [0.5, 0.6) is 0 Å². The molecule has 21 heavy (non-hydrogen) atoms. The van der Waals surface area contributed by atoms with E-state index in [2.05, 4.69) is 72.0 Å². The Kier molecular flexibility index (Phi) is 3.11. The predicted molar refractivity (Wildman–Crippen MR) is 89.7 cm³/mol. The zero-order valence-electron chi connectivity index (χ0n) is 12.0. The van der Waals surface area contributed by atoms with E-state index in [1.807, 2.05) is 0 Å². The summed E-state index contributed by atoms with van der Waals surface area (Å²) < 4.78 is 0. The standard InChI is InChI=1S/C20H19N/c1-2-8-17-14-18(13-12-15(17)6-1)21-20-11-5-9-16-7-3-4-10-19(16)20/h1-4,6-8,10,12-14,20-21H,5,9,11H2. The van der Waals surface area contributed by atoms with Crippen LogP contribution in [0.4, 0.5) is 5.69 Å². The Bertz CT molecular complexity index is 775. The van der Waals surface area contributed by atoms with Gasteiger partial charge in [-0.25, -0.2) is 0 Å². The number of hydrogen-bond donors (Lipinski definition) is 1. The van der Waals surface area contributed by atoms with Crippen LogP contribution in [0.15, 0.2) is 66.7 Å². The number of nitrogens with one attached hydrogen (secondary N) is 1. The Labute approximate surface area is 125 Å². The van der Waals surface area contributed by atoms with Crippen molar-refractivity contribution in [3.05, 3.63) is 77.9 Å². The minimum atomic E-state index is 0.441. The van der Waals surface area contributed by atoms with Crippen LogP contribution in [0.25, 0.3) is 10.8 Å². The van der Waals surface area contributed by atoms with Gasteiger partial charge in [-0.1, -0.05) is 54.6 Å². The molecule has 0 saturated carbocycles. The van der Waals surface area contributed by atoms with Crippen LogP contribution in [-0.2, 0) is 6.42 Å². The highest BCUT2D eigenvalue weighted by atomic mass is 14.9. The molecule has 1 nitrogen and oxygen atoms in total. The Morgan fingerprint density at radius 3 is 2.57 bits per heavy atom. The SMILES string of the molecule is c1ccc2c(c1)CCCC2Nc1ccc2ccccc2c1. The molecule has 0 bridgehead atoms. The Hall–Kier alpha value is -2.28. The molecule has 0 spiro atoms. The lowest BCUT2D eigenvalue weighted by molar-refractivity contribution is 0.600. The van der Waals surface area contributed by atoms with Crippen molar-refractivity contribution in [1.29, 1.82) is 0 Å². The molecule has 1 heteroatoms. The topological polar surface area (TPSA) is 12.0 Å². The summed E-state index contributed by atoms with van der Waals surface area (Å²) in [6.45, 7) is 0. The maximum Gasteiger partial charge on any atom is 0.0516 e. The van der Waals surface area contributed by atoms with E-state index < -0.39 is 0 Å². The van der Waals surface area contributed by atoms with Gasteiger partial charge in [0.05, 0.1) is 6.04 Å². The minimum absolute atomic E-state index is 0.441. The third-order valence-electron chi connectivity index (χ3n) is 4.46. The van der Waals surface area contributed by atoms with Gasteiger partial charge in [-0.05, 0) is 53.3 Å². The summed E-state index contributed by atoms with van der Waals surface area (Å²) in [6.07, 6.45) is 3.69. The lowest BCUT2D eigenvalue weighted by Gasteiger charge is -2.27. The average molecular weight is 273 g/mol. The summed E-state index contributed by atoms with van der Waals surface area (Å²) in [5, 5.41) is 6.33. The van der Waals surface area contributed by atoms with E-state index in [-0.39, 0.29) is 0 Å². The first-order valence-corrected chi connectivity index (χ1v) is 7.73. The summed E-state index contributed by atoms with van der Waals surface area (Å²) in [4.78, 5) is 0. The summed E-state index contributed by atoms with van der Waals surface area (Å²) in [7, 11) is 0. The quantitative estimate of drug-likeness (QED) is 0.665. The van der Waals surface area contributed by atoms with Crippen molar-refractivity contribution in [1.82, 2.24) is 0 Å². The van der Waals surface area contributed by atoms with Gasteiger partial charge >= 0.3 is 0 Å². The Morgan fingerprint density at radius 2 is 1.62 bits per heavy atom. The van der Waals surface area contributed by atoms with E-state index in [9.17, 15) is 0 Å². The average Bonchev–Trinajstić information content (AvgIpc) is 2.55. The molecule has 1 unspecified atom stereocenters. The molecular formula is C20H19N. The van der Waals surface area contributed by atoms with Crippen molar-refractivity contribution in [3.8, 4) is 0 Å². The maximum absolute atomic E-state index is 3.73. The van der Waals surface area contributed by atoms with Gasteiger partial charge in [0.1, 0.15) is 0 Å². The van der Waals surface area contributed by atoms with Gasteiger partial charge in [0.25, 0.3) is 0 Å². The predicted octanol–water partition coefficient (Wildman–Crippen LogP) is 5.33. The molecule has 104 valence electrons. The zero-order valence-corrected chi connectivity index (χ0v) is 12.0. The van der Waals surface area contributed by atoms with E-state index >= 15 is 0 Å². The second kappa shape index (κ2) is 5.25. The zero-order chi connectivity index (χ0) is 14.1. The van der Waals surface area contributed by atoms with Crippen molar-refractivity contribution in [2.75, 3.05) is 5.32 Å². The van der Waals surface area contributed by atoms with Crippen molar-refractivity contribution in [2.24, 2.45) is 0 Å². The van der Waals surface area contributed by atoms with E-state index in [4.69, 9.17) is 0 Å². The number of benzene rings is 3. The fraction of sp³-hybridized carbons (Fsp3) is 0.200. The summed E-state index contributed by atoms with van der Waals surface area (Å²) in [5.74, 6) is 0. The van der Waals surface area contributed by atoms with Gasteiger partial charge in [-0.15, -0.1) is 0 Å². The van der Waals surface area contributed by atoms with E-state index in [1.165, 1.54) is 46.8 Å². The van der Waals surface area contributed by atoms with Crippen LogP contribution < -0.4 is 5.32 Å². The summed E-state index contributed by atoms with van der Waals surface area (Å²) in [6, 6.07) is 24.5. The second-order valence-corrected chi connectivity index (χ2v) is 5.85. The normalized spacial score (nSPS) is 17.4. The van der Waals surface area contributed by atoms with Crippen molar-refractivity contribution in [2.45, 2.75) is 25.3 Å². The molecule has 1 atom stereocenters. The molecule has 0 heterocycles. The monoisotopic (exact) mass is 273 g/mol. The largest absolute Gasteiger partial charge is 0.378 e. The highest BCUT2D eigenvalue weighted by Gasteiger charge is 2.19. The lowest BCUT2D eigenvalue weighted by atomic mass is 9.87. The molecule has 1 aliphatic carbocycles. The van der Waals surface area contributed by atoms with Gasteiger partial charge in [-0.3, -0.25) is 0 Å². The van der Waals surface area contributed by atoms with Gasteiger partial charge in [0.2, 0.25) is 0 Å². The molecule has 1 N–H and O–H groups in total. The molecular weight excluding hydrogens is 254 g/mol. The van der Waals surface area contributed by atoms with E-state index in [1.54, 1.807) is 0 Å². The number of anilines is 1. The van der Waals surface area contributed by atoms with Gasteiger partial charge in [-0.2, -0.15) is 0 Å². The van der Waals surface area contributed by atoms with E-state index in [0.717, 1.165) is 0 Å². The van der Waals surface area contributed by atoms with Gasteiger partial charge in [0.15, 0.2) is 0 Å². The molecule has 0 saturated heterocycles. The van der Waals surface area contributed by atoms with Crippen molar-refractivity contribution < 1.29 is 0 Å². The molecule has 4 rings (SSSR count). The third-order valence-corrected chi connectivity index (χ3v) is 4.46. The molecule has 0 aliphatic heterocycles. The minimum Gasteiger partial charge on any atom is -0.378 e. The number of aryl methyl sites for hydroxylation is 1. The van der Waals surface area contributed by atoms with E-state index in [0.29, 0.717) is 6.04 Å². The molecule has 0 amide bonds. The maximum atomic E-state index is 3.73. The Morgan fingerprint density at radius 1 is 0.810 bits per heavy atom. The molecule has 3 aromatic rings. The molecule has 0 radical (unpaired) electrons. The molecule has 0 aromatic heterocycles. The highest BCUT2D eigenvalue weighted by molar-refractivity contribution is 5.85. The fourth-order valence-corrected chi connectivity index (χ4v) is 3.38. The van der Waals surface area contributed by atoms with Crippen molar-refractivity contribution in [3.63, 3.8) is 0 Å². The molecule has 1 aliphatic rings. The van der Waals surface area contributed by atoms with Crippen LogP contribution in [-0.4, -0.2) is 0 Å². The van der Waals surface area contributed by atoms with Gasteiger partial charge < -0.3 is 5.32 Å². The first kappa shape index (κ1) is 12.5. The summed E-state index contributed by atoms with van der Waals surface area (Å²) in [5.41, 5.74) is 4.19. The summed E-state index contributed by atoms with van der Waals surface area (Å²) >= 11 is 0. The van der Waals surface area contributed by atoms with Crippen molar-refractivity contribution >= 4 is 16.5 Å². The van der Waals surface area contributed by atoms with Gasteiger partial charge in [0, 0.05) is 5.69 Å². The van der Waals surface area contributed by atoms with Crippen LogP contribution >= 0.6 is 0 Å². The highest BCUT2D eigenvalue weighted by Crippen LogP contribution is 2.33. The number of rotatable bonds is 2. The lowest BCUT2D eigenvalue weighted by Crippen LogP contribution is -2.17. The number of fused-ring (bicyclic) bond motifs is 2. The fourth-order valence-electron chi connectivity index (χ4n) is 3.38. The second-order valence-electron chi connectivity index (χ2n) is 5.85. The first-order chi connectivity index (χ1) is 10.4. The van der Waals surface area contributed by atoms with Crippen LogP contribution in [0, 0.1) is 0 Å². The molecule has 3 aromatic carbocycles.